The number of aromatic nitrogens is 2. The molecule has 3 rings (SSSR count). The van der Waals surface area contributed by atoms with Crippen LogP contribution in [0.2, 0.25) is 5.02 Å². The fourth-order valence-corrected chi connectivity index (χ4v) is 3.91. The summed E-state index contributed by atoms with van der Waals surface area (Å²) in [7, 11) is 0. The average molecular weight is 390 g/mol. The molecule has 1 heterocycles. The third-order valence-electron chi connectivity index (χ3n) is 5.30. The van der Waals surface area contributed by atoms with Crippen molar-refractivity contribution in [3.8, 4) is 0 Å². The van der Waals surface area contributed by atoms with Crippen molar-refractivity contribution in [2.75, 3.05) is 0 Å². The minimum Gasteiger partial charge on any atom is -0.481 e. The number of nitrogens with one attached hydrogen (secondary N) is 1. The fraction of sp³-hybridized carbons (Fsp3) is 0.450. The maximum absolute atomic E-state index is 12.8. The van der Waals surface area contributed by atoms with E-state index < -0.39 is 5.97 Å². The standard InChI is InChI=1S/C20H24ClN3O3/c1-12-18(19(25)22-16-9-7-14(8-10-16)20(26)27)13(2)24(23-12)11-15-5-3-4-6-17(15)21/h3-6,14,16H,7-11H2,1-2H3,(H,22,25)(H,26,27). The summed E-state index contributed by atoms with van der Waals surface area (Å²) in [6.07, 6.45) is 2.58. The van der Waals surface area contributed by atoms with E-state index in [4.69, 9.17) is 16.7 Å². The van der Waals surface area contributed by atoms with Crippen molar-refractivity contribution in [2.24, 2.45) is 5.92 Å². The molecule has 1 aromatic carbocycles. The topological polar surface area (TPSA) is 84.2 Å². The van der Waals surface area contributed by atoms with Crippen LogP contribution in [0.1, 0.15) is 53.0 Å². The van der Waals surface area contributed by atoms with Crippen LogP contribution >= 0.6 is 11.6 Å². The highest BCUT2D eigenvalue weighted by Gasteiger charge is 2.28. The predicted octanol–water partition coefficient (Wildman–Crippen LogP) is 3.57. The summed E-state index contributed by atoms with van der Waals surface area (Å²) >= 11 is 6.24. The molecular weight excluding hydrogens is 366 g/mol. The number of halogens is 1. The fourth-order valence-electron chi connectivity index (χ4n) is 3.71. The van der Waals surface area contributed by atoms with Gasteiger partial charge in [0.2, 0.25) is 0 Å². The molecule has 1 saturated carbocycles. The van der Waals surface area contributed by atoms with Crippen LogP contribution in [0.4, 0.5) is 0 Å². The van der Waals surface area contributed by atoms with Gasteiger partial charge >= 0.3 is 5.97 Å². The van der Waals surface area contributed by atoms with Crippen LogP contribution in [-0.2, 0) is 11.3 Å². The van der Waals surface area contributed by atoms with Gasteiger partial charge in [-0.15, -0.1) is 0 Å². The Morgan fingerprint density at radius 2 is 1.89 bits per heavy atom. The number of hydrogen-bond acceptors (Lipinski definition) is 3. The molecule has 6 nitrogen and oxygen atoms in total. The third kappa shape index (κ3) is 4.33. The maximum atomic E-state index is 12.8. The molecule has 1 aliphatic rings. The minimum atomic E-state index is -0.743. The third-order valence-corrected chi connectivity index (χ3v) is 5.67. The molecule has 144 valence electrons. The second-order valence-corrected chi connectivity index (χ2v) is 7.56. The van der Waals surface area contributed by atoms with Gasteiger partial charge in [0.25, 0.3) is 5.91 Å². The largest absolute Gasteiger partial charge is 0.481 e. The normalized spacial score (nSPS) is 19.7. The van der Waals surface area contributed by atoms with Crippen molar-refractivity contribution < 1.29 is 14.7 Å². The Balaban J connectivity index is 1.70. The van der Waals surface area contributed by atoms with E-state index in [9.17, 15) is 9.59 Å². The molecule has 1 aliphatic carbocycles. The molecule has 1 fully saturated rings. The Hall–Kier alpha value is -2.34. The van der Waals surface area contributed by atoms with E-state index in [-0.39, 0.29) is 17.9 Å². The Bertz CT molecular complexity index is 854. The van der Waals surface area contributed by atoms with Gasteiger partial charge in [0.05, 0.1) is 23.7 Å². The lowest BCUT2D eigenvalue weighted by molar-refractivity contribution is -0.142. The summed E-state index contributed by atoms with van der Waals surface area (Å²) in [6.45, 7) is 4.21. The zero-order valence-corrected chi connectivity index (χ0v) is 16.3. The molecule has 2 N–H and O–H groups in total. The zero-order chi connectivity index (χ0) is 19.6. The zero-order valence-electron chi connectivity index (χ0n) is 15.5. The number of carboxylic acids is 1. The van der Waals surface area contributed by atoms with Crippen LogP contribution < -0.4 is 5.32 Å². The molecule has 0 atom stereocenters. The van der Waals surface area contributed by atoms with Crippen LogP contribution in [0.5, 0.6) is 0 Å². The van der Waals surface area contributed by atoms with Crippen molar-refractivity contribution in [3.05, 3.63) is 51.8 Å². The Morgan fingerprint density at radius 1 is 1.22 bits per heavy atom. The molecule has 0 radical (unpaired) electrons. The molecule has 2 aromatic rings. The van der Waals surface area contributed by atoms with Gasteiger partial charge in [-0.25, -0.2) is 0 Å². The predicted molar refractivity (Wildman–Crippen MR) is 103 cm³/mol. The van der Waals surface area contributed by atoms with Gasteiger partial charge in [-0.2, -0.15) is 5.10 Å². The first-order chi connectivity index (χ1) is 12.9. The Morgan fingerprint density at radius 3 is 2.52 bits per heavy atom. The van der Waals surface area contributed by atoms with Gasteiger partial charge in [0.1, 0.15) is 0 Å². The van der Waals surface area contributed by atoms with Crippen molar-refractivity contribution in [1.29, 1.82) is 0 Å². The number of benzene rings is 1. The van der Waals surface area contributed by atoms with E-state index in [0.717, 1.165) is 11.3 Å². The van der Waals surface area contributed by atoms with Crippen molar-refractivity contribution in [1.82, 2.24) is 15.1 Å². The second kappa shape index (κ2) is 8.13. The summed E-state index contributed by atoms with van der Waals surface area (Å²) in [5.41, 5.74) is 3.01. The van der Waals surface area contributed by atoms with Gasteiger partial charge in [0, 0.05) is 16.8 Å². The number of aryl methyl sites for hydroxylation is 1. The Labute approximate surface area is 163 Å². The molecule has 0 bridgehead atoms. The van der Waals surface area contributed by atoms with Crippen molar-refractivity contribution in [3.63, 3.8) is 0 Å². The van der Waals surface area contributed by atoms with Gasteiger partial charge in [-0.1, -0.05) is 29.8 Å². The molecule has 27 heavy (non-hydrogen) atoms. The number of nitrogens with zero attached hydrogens (tertiary/aromatic N) is 2. The maximum Gasteiger partial charge on any atom is 0.306 e. The molecule has 0 unspecified atom stereocenters. The monoisotopic (exact) mass is 389 g/mol. The van der Waals surface area contributed by atoms with E-state index in [1.807, 2.05) is 38.1 Å². The van der Waals surface area contributed by atoms with E-state index >= 15 is 0 Å². The number of amides is 1. The average Bonchev–Trinajstić information content (AvgIpc) is 2.91. The van der Waals surface area contributed by atoms with E-state index in [2.05, 4.69) is 10.4 Å². The van der Waals surface area contributed by atoms with Crippen LogP contribution in [0.15, 0.2) is 24.3 Å². The summed E-state index contributed by atoms with van der Waals surface area (Å²) < 4.78 is 1.80. The molecule has 1 amide bonds. The number of rotatable bonds is 5. The highest BCUT2D eigenvalue weighted by atomic mass is 35.5. The minimum absolute atomic E-state index is 0.0128. The van der Waals surface area contributed by atoms with Gasteiger partial charge in [0.15, 0.2) is 0 Å². The van der Waals surface area contributed by atoms with Crippen LogP contribution in [0.25, 0.3) is 0 Å². The van der Waals surface area contributed by atoms with Crippen molar-refractivity contribution in [2.45, 2.75) is 52.1 Å². The van der Waals surface area contributed by atoms with E-state index in [1.54, 1.807) is 4.68 Å². The molecule has 0 aliphatic heterocycles. The van der Waals surface area contributed by atoms with Gasteiger partial charge in [-0.3, -0.25) is 14.3 Å². The Kier molecular flexibility index (Phi) is 5.85. The highest BCUT2D eigenvalue weighted by molar-refractivity contribution is 6.31. The first kappa shape index (κ1) is 19.4. The van der Waals surface area contributed by atoms with E-state index in [1.165, 1.54) is 0 Å². The molecule has 7 heteroatoms. The van der Waals surface area contributed by atoms with Gasteiger partial charge in [-0.05, 0) is 51.2 Å². The quantitative estimate of drug-likeness (QED) is 0.818. The smallest absolute Gasteiger partial charge is 0.306 e. The number of aliphatic carboxylic acids is 1. The summed E-state index contributed by atoms with van der Waals surface area (Å²) in [4.78, 5) is 23.9. The molecule has 0 saturated heterocycles. The molecule has 0 spiro atoms. The summed E-state index contributed by atoms with van der Waals surface area (Å²) in [5.74, 6) is -1.18. The lowest BCUT2D eigenvalue weighted by Gasteiger charge is -2.26. The molecular formula is C20H24ClN3O3. The first-order valence-electron chi connectivity index (χ1n) is 9.18. The number of hydrogen-bond donors (Lipinski definition) is 2. The van der Waals surface area contributed by atoms with Crippen LogP contribution in [0, 0.1) is 19.8 Å². The number of carbonyl (C=O) groups is 2. The van der Waals surface area contributed by atoms with E-state index in [0.29, 0.717) is 48.5 Å². The number of carboxylic acid groups (broad SMARTS) is 1. The first-order valence-corrected chi connectivity index (χ1v) is 9.55. The molecule has 1 aromatic heterocycles. The van der Waals surface area contributed by atoms with Gasteiger partial charge < -0.3 is 10.4 Å². The highest BCUT2D eigenvalue weighted by Crippen LogP contribution is 2.25. The number of carbonyl (C=O) groups excluding carboxylic acids is 1. The van der Waals surface area contributed by atoms with Crippen LogP contribution in [-0.4, -0.2) is 32.8 Å². The lowest BCUT2D eigenvalue weighted by Crippen LogP contribution is -2.39. The van der Waals surface area contributed by atoms with Crippen LogP contribution in [0.3, 0.4) is 0 Å². The van der Waals surface area contributed by atoms with Crippen molar-refractivity contribution >= 4 is 23.5 Å². The summed E-state index contributed by atoms with van der Waals surface area (Å²) in [5, 5.41) is 17.3. The SMILES string of the molecule is Cc1nn(Cc2ccccc2Cl)c(C)c1C(=O)NC1CCC(C(=O)O)CC1. The summed E-state index contributed by atoms with van der Waals surface area (Å²) in [6, 6.07) is 7.60. The second-order valence-electron chi connectivity index (χ2n) is 7.16. The lowest BCUT2D eigenvalue weighted by atomic mass is 9.86.